The molecule has 2 aromatic heterocycles. The van der Waals surface area contributed by atoms with E-state index in [2.05, 4.69) is 19.9 Å². The van der Waals surface area contributed by atoms with Crippen molar-refractivity contribution in [3.63, 3.8) is 0 Å². The molecule has 0 spiro atoms. The number of piperazine rings is 1. The van der Waals surface area contributed by atoms with Crippen LogP contribution in [0.5, 0.6) is 11.5 Å². The molecular weight excluding hydrogens is 418 g/mol. The summed E-state index contributed by atoms with van der Waals surface area (Å²) >= 11 is 5.81. The summed E-state index contributed by atoms with van der Waals surface area (Å²) in [4.78, 5) is 29.9. The number of aromatic nitrogens is 3. The Morgan fingerprint density at radius 1 is 0.968 bits per heavy atom. The van der Waals surface area contributed by atoms with Gasteiger partial charge in [-0.1, -0.05) is 17.7 Å². The predicted octanol–water partition coefficient (Wildman–Crippen LogP) is 3.17. The highest BCUT2D eigenvalue weighted by Gasteiger charge is 2.24. The number of carbonyl (C=O) groups is 1. The highest BCUT2D eigenvalue weighted by atomic mass is 35.5. The van der Waals surface area contributed by atoms with Gasteiger partial charge in [0.1, 0.15) is 16.7 Å². The summed E-state index contributed by atoms with van der Waals surface area (Å²) in [5.41, 5.74) is 1.95. The molecule has 1 fully saturated rings. The molecule has 3 heterocycles. The van der Waals surface area contributed by atoms with Crippen LogP contribution in [0, 0.1) is 0 Å². The Morgan fingerprint density at radius 2 is 1.74 bits per heavy atom. The zero-order valence-electron chi connectivity index (χ0n) is 17.3. The van der Waals surface area contributed by atoms with Crippen molar-refractivity contribution in [2.24, 2.45) is 0 Å². The van der Waals surface area contributed by atoms with Crippen molar-refractivity contribution in [2.75, 3.05) is 45.3 Å². The first-order chi connectivity index (χ1) is 15.1. The van der Waals surface area contributed by atoms with Crippen LogP contribution in [0.1, 0.15) is 10.5 Å². The zero-order chi connectivity index (χ0) is 21.8. The van der Waals surface area contributed by atoms with Gasteiger partial charge in [-0.15, -0.1) is 0 Å². The molecule has 0 unspecified atom stereocenters. The molecule has 0 atom stereocenters. The van der Waals surface area contributed by atoms with Gasteiger partial charge in [-0.05, 0) is 30.3 Å². The molecule has 3 aromatic rings. The Kier molecular flexibility index (Phi) is 6.18. The van der Waals surface area contributed by atoms with Crippen LogP contribution in [-0.4, -0.2) is 66.2 Å². The third-order valence-corrected chi connectivity index (χ3v) is 5.34. The Labute approximate surface area is 185 Å². The highest BCUT2D eigenvalue weighted by molar-refractivity contribution is 6.29. The Hall–Kier alpha value is -3.39. The van der Waals surface area contributed by atoms with Gasteiger partial charge in [-0.2, -0.15) is 0 Å². The molecule has 1 aliphatic heterocycles. The minimum absolute atomic E-state index is 0.0934. The molecule has 0 N–H and O–H groups in total. The molecule has 1 aromatic carbocycles. The number of methoxy groups -OCH3 is 2. The van der Waals surface area contributed by atoms with Crippen LogP contribution in [-0.2, 0) is 0 Å². The first kappa shape index (κ1) is 20.9. The molecule has 0 aliphatic carbocycles. The number of anilines is 1. The predicted molar refractivity (Wildman–Crippen MR) is 118 cm³/mol. The normalized spacial score (nSPS) is 13.8. The third kappa shape index (κ3) is 4.54. The average Bonchev–Trinajstić information content (AvgIpc) is 2.84. The lowest BCUT2D eigenvalue weighted by molar-refractivity contribution is 0.0740. The van der Waals surface area contributed by atoms with Crippen LogP contribution in [0.4, 0.5) is 5.82 Å². The van der Waals surface area contributed by atoms with Crippen LogP contribution in [0.25, 0.3) is 11.3 Å². The van der Waals surface area contributed by atoms with Crippen molar-refractivity contribution in [1.29, 1.82) is 0 Å². The molecule has 31 heavy (non-hydrogen) atoms. The summed E-state index contributed by atoms with van der Waals surface area (Å²) in [6, 6.07) is 11.0. The van der Waals surface area contributed by atoms with E-state index < -0.39 is 0 Å². The van der Waals surface area contributed by atoms with Crippen LogP contribution >= 0.6 is 11.6 Å². The average molecular weight is 440 g/mol. The second kappa shape index (κ2) is 9.18. The number of benzene rings is 1. The summed E-state index contributed by atoms with van der Waals surface area (Å²) in [6.45, 7) is 2.48. The Bertz CT molecular complexity index is 1070. The maximum atomic E-state index is 13.0. The van der Waals surface area contributed by atoms with Gasteiger partial charge in [-0.3, -0.25) is 4.79 Å². The van der Waals surface area contributed by atoms with Crippen LogP contribution < -0.4 is 14.4 Å². The molecular formula is C22H22ClN5O3. The fourth-order valence-electron chi connectivity index (χ4n) is 3.48. The fraction of sp³-hybridized carbons (Fsp3) is 0.273. The lowest BCUT2D eigenvalue weighted by atomic mass is 10.1. The zero-order valence-corrected chi connectivity index (χ0v) is 18.0. The third-order valence-electron chi connectivity index (χ3n) is 5.15. The summed E-state index contributed by atoms with van der Waals surface area (Å²) < 4.78 is 10.7. The first-order valence-corrected chi connectivity index (χ1v) is 10.2. The van der Waals surface area contributed by atoms with E-state index in [0.717, 1.165) is 11.4 Å². The summed E-state index contributed by atoms with van der Waals surface area (Å²) in [7, 11) is 3.18. The number of amides is 1. The number of rotatable bonds is 5. The molecule has 8 nitrogen and oxygen atoms in total. The van der Waals surface area contributed by atoms with Crippen molar-refractivity contribution >= 4 is 23.3 Å². The van der Waals surface area contributed by atoms with E-state index in [1.165, 1.54) is 6.20 Å². The van der Waals surface area contributed by atoms with Crippen molar-refractivity contribution < 1.29 is 14.3 Å². The molecule has 1 aliphatic rings. The van der Waals surface area contributed by atoms with Gasteiger partial charge < -0.3 is 19.3 Å². The summed E-state index contributed by atoms with van der Waals surface area (Å²) in [5, 5.41) is 0.359. The lowest BCUT2D eigenvalue weighted by Gasteiger charge is -2.35. The van der Waals surface area contributed by atoms with Crippen molar-refractivity contribution in [3.8, 4) is 22.8 Å². The number of nitrogens with zero attached hydrogens (tertiary/aromatic N) is 5. The van der Waals surface area contributed by atoms with Crippen molar-refractivity contribution in [1.82, 2.24) is 19.9 Å². The second-order valence-corrected chi connectivity index (χ2v) is 7.34. The molecule has 0 radical (unpaired) electrons. The number of hydrogen-bond donors (Lipinski definition) is 0. The van der Waals surface area contributed by atoms with Crippen LogP contribution in [0.3, 0.4) is 0 Å². The largest absolute Gasteiger partial charge is 0.493 e. The maximum absolute atomic E-state index is 13.0. The van der Waals surface area contributed by atoms with Gasteiger partial charge in [0.25, 0.3) is 5.91 Å². The van der Waals surface area contributed by atoms with E-state index in [4.69, 9.17) is 21.1 Å². The van der Waals surface area contributed by atoms with Gasteiger partial charge in [0.05, 0.1) is 32.3 Å². The van der Waals surface area contributed by atoms with E-state index >= 15 is 0 Å². The quantitative estimate of drug-likeness (QED) is 0.604. The van der Waals surface area contributed by atoms with E-state index in [0.29, 0.717) is 54.2 Å². The molecule has 0 saturated carbocycles. The second-order valence-electron chi connectivity index (χ2n) is 6.95. The fourth-order valence-corrected chi connectivity index (χ4v) is 3.58. The standard InChI is InChI=1S/C22H22ClN5O3/c1-30-18-7-6-15(12-19(18)31-2)16-4-3-5-17(26-16)22(29)28-10-8-27(9-11-28)21-14-24-20(23)13-25-21/h3-7,12-14H,8-11H2,1-2H3. The minimum Gasteiger partial charge on any atom is -0.493 e. The number of ether oxygens (including phenoxy) is 2. The first-order valence-electron chi connectivity index (χ1n) is 9.80. The highest BCUT2D eigenvalue weighted by Crippen LogP contribution is 2.31. The Balaban J connectivity index is 1.47. The molecule has 160 valence electrons. The molecule has 1 amide bonds. The summed E-state index contributed by atoms with van der Waals surface area (Å²) in [5.74, 6) is 1.91. The van der Waals surface area contributed by atoms with Crippen molar-refractivity contribution in [2.45, 2.75) is 0 Å². The van der Waals surface area contributed by atoms with Gasteiger partial charge in [0.15, 0.2) is 11.5 Å². The van der Waals surface area contributed by atoms with E-state index in [1.54, 1.807) is 31.4 Å². The lowest BCUT2D eigenvalue weighted by Crippen LogP contribution is -2.49. The molecule has 0 bridgehead atoms. The SMILES string of the molecule is COc1ccc(-c2cccc(C(=O)N3CCN(c4cnc(Cl)cn4)CC3)n2)cc1OC. The van der Waals surface area contributed by atoms with E-state index in [9.17, 15) is 4.79 Å². The van der Waals surface area contributed by atoms with Crippen LogP contribution in [0.15, 0.2) is 48.8 Å². The minimum atomic E-state index is -0.0934. The Morgan fingerprint density at radius 3 is 2.42 bits per heavy atom. The topological polar surface area (TPSA) is 80.7 Å². The van der Waals surface area contributed by atoms with Crippen molar-refractivity contribution in [3.05, 3.63) is 59.6 Å². The molecule has 9 heteroatoms. The number of halogens is 1. The van der Waals surface area contributed by atoms with Gasteiger partial charge in [-0.25, -0.2) is 15.0 Å². The smallest absolute Gasteiger partial charge is 0.272 e. The van der Waals surface area contributed by atoms with E-state index in [-0.39, 0.29) is 5.91 Å². The van der Waals surface area contributed by atoms with Crippen LogP contribution in [0.2, 0.25) is 5.15 Å². The maximum Gasteiger partial charge on any atom is 0.272 e. The van der Waals surface area contributed by atoms with E-state index in [1.807, 2.05) is 30.3 Å². The molecule has 4 rings (SSSR count). The monoisotopic (exact) mass is 439 g/mol. The van der Waals surface area contributed by atoms with Gasteiger partial charge >= 0.3 is 0 Å². The number of carbonyl (C=O) groups excluding carboxylic acids is 1. The molecule has 1 saturated heterocycles. The van der Waals surface area contributed by atoms with Gasteiger partial charge in [0, 0.05) is 31.7 Å². The number of hydrogen-bond acceptors (Lipinski definition) is 7. The van der Waals surface area contributed by atoms with Gasteiger partial charge in [0.2, 0.25) is 0 Å². The number of pyridine rings is 1. The summed E-state index contributed by atoms with van der Waals surface area (Å²) in [6.07, 6.45) is 3.17.